The highest BCUT2D eigenvalue weighted by molar-refractivity contribution is 14.1. The molecule has 0 radical (unpaired) electrons. The van der Waals surface area contributed by atoms with Gasteiger partial charge in [0.15, 0.2) is 11.5 Å². The van der Waals surface area contributed by atoms with Crippen molar-refractivity contribution in [2.24, 2.45) is 0 Å². The minimum atomic E-state index is -0.131. The van der Waals surface area contributed by atoms with Gasteiger partial charge < -0.3 is 19.2 Å². The molecule has 0 fully saturated rings. The van der Waals surface area contributed by atoms with E-state index < -0.39 is 0 Å². The molecule has 0 saturated carbocycles. The van der Waals surface area contributed by atoms with Gasteiger partial charge in [-0.15, -0.1) is 10.2 Å². The van der Waals surface area contributed by atoms with E-state index in [1.54, 1.807) is 14.2 Å². The van der Waals surface area contributed by atoms with Crippen molar-refractivity contribution in [3.8, 4) is 11.5 Å². The maximum atomic E-state index is 12.1. The van der Waals surface area contributed by atoms with E-state index in [1.165, 1.54) is 11.8 Å². The molecular weight excluding hydrogens is 493 g/mol. The summed E-state index contributed by atoms with van der Waals surface area (Å²) in [5, 5.41) is 11.3. The fourth-order valence-electron chi connectivity index (χ4n) is 2.41. The molecule has 0 aliphatic rings. The Labute approximate surface area is 180 Å². The van der Waals surface area contributed by atoms with Crippen LogP contribution in [0, 0.1) is 3.57 Å². The quantitative estimate of drug-likeness (QED) is 0.361. The van der Waals surface area contributed by atoms with Crippen LogP contribution in [-0.4, -0.2) is 36.1 Å². The summed E-state index contributed by atoms with van der Waals surface area (Å²) < 4.78 is 17.1. The van der Waals surface area contributed by atoms with Crippen LogP contribution in [-0.2, 0) is 11.2 Å². The number of nitrogens with one attached hydrogen (secondary N) is 1. The van der Waals surface area contributed by atoms with Gasteiger partial charge in [-0.3, -0.25) is 4.79 Å². The topological polar surface area (TPSA) is 86.5 Å². The summed E-state index contributed by atoms with van der Waals surface area (Å²) in [5.41, 5.74) is 1.74. The second-order valence-corrected chi connectivity index (χ2v) is 7.73. The molecule has 0 aliphatic carbocycles. The highest BCUT2D eigenvalue weighted by Gasteiger charge is 2.12. The summed E-state index contributed by atoms with van der Waals surface area (Å²) in [5.74, 6) is 1.82. The number of aromatic nitrogens is 2. The Morgan fingerprint density at radius 2 is 1.93 bits per heavy atom. The molecule has 9 heteroatoms. The SMILES string of the molecule is COc1ccc(Cc2nnc(SCC(=O)Nc3ccccc3I)o2)cc1OC. The maximum Gasteiger partial charge on any atom is 0.277 e. The van der Waals surface area contributed by atoms with Crippen LogP contribution in [0.5, 0.6) is 11.5 Å². The summed E-state index contributed by atoms with van der Waals surface area (Å²) in [6.45, 7) is 0. The largest absolute Gasteiger partial charge is 0.493 e. The van der Waals surface area contributed by atoms with E-state index in [2.05, 4.69) is 38.1 Å². The van der Waals surface area contributed by atoms with Crippen LogP contribution in [0.1, 0.15) is 11.5 Å². The third kappa shape index (κ3) is 5.38. The standard InChI is InChI=1S/C19H18IN3O4S/c1-25-15-8-7-12(9-16(15)26-2)10-18-22-23-19(27-18)28-11-17(24)21-14-6-4-3-5-13(14)20/h3-9H,10-11H2,1-2H3,(H,21,24). The molecule has 0 bridgehead atoms. The summed E-state index contributed by atoms with van der Waals surface area (Å²) in [4.78, 5) is 12.1. The van der Waals surface area contributed by atoms with Crippen LogP contribution in [0.4, 0.5) is 5.69 Å². The summed E-state index contributed by atoms with van der Waals surface area (Å²) in [6.07, 6.45) is 0.461. The Kier molecular flexibility index (Phi) is 7.15. The number of hydrogen-bond acceptors (Lipinski definition) is 7. The fraction of sp³-hybridized carbons (Fsp3) is 0.211. The number of carbonyl (C=O) groups is 1. The molecule has 1 N–H and O–H groups in total. The number of anilines is 1. The molecule has 28 heavy (non-hydrogen) atoms. The lowest BCUT2D eigenvalue weighted by atomic mass is 10.1. The Morgan fingerprint density at radius 1 is 1.14 bits per heavy atom. The van der Waals surface area contributed by atoms with E-state index in [4.69, 9.17) is 13.9 Å². The van der Waals surface area contributed by atoms with E-state index >= 15 is 0 Å². The van der Waals surface area contributed by atoms with Crippen LogP contribution in [0.15, 0.2) is 52.1 Å². The van der Waals surface area contributed by atoms with Gasteiger partial charge in [0.2, 0.25) is 11.8 Å². The molecule has 3 aromatic rings. The van der Waals surface area contributed by atoms with Gasteiger partial charge in [-0.2, -0.15) is 0 Å². The van der Waals surface area contributed by atoms with Crippen molar-refractivity contribution in [3.63, 3.8) is 0 Å². The van der Waals surface area contributed by atoms with Gasteiger partial charge in [0, 0.05) is 3.57 Å². The number of para-hydroxylation sites is 1. The second-order valence-electron chi connectivity index (χ2n) is 5.64. The number of amides is 1. The first-order valence-corrected chi connectivity index (χ1v) is 10.4. The Hall–Kier alpha value is -2.27. The number of thioether (sulfide) groups is 1. The zero-order valence-corrected chi connectivity index (χ0v) is 18.2. The fourth-order valence-corrected chi connectivity index (χ4v) is 3.51. The van der Waals surface area contributed by atoms with E-state index in [0.717, 1.165) is 14.8 Å². The van der Waals surface area contributed by atoms with E-state index in [-0.39, 0.29) is 11.7 Å². The smallest absolute Gasteiger partial charge is 0.277 e. The maximum absolute atomic E-state index is 12.1. The summed E-state index contributed by atoms with van der Waals surface area (Å²) >= 11 is 3.38. The number of ether oxygens (including phenoxy) is 2. The van der Waals surface area contributed by atoms with Gasteiger partial charge in [-0.05, 0) is 52.4 Å². The lowest BCUT2D eigenvalue weighted by Crippen LogP contribution is -2.14. The second kappa shape index (κ2) is 9.78. The molecule has 0 spiro atoms. The molecule has 7 nitrogen and oxygen atoms in total. The Balaban J connectivity index is 1.55. The first-order chi connectivity index (χ1) is 13.6. The molecule has 2 aromatic carbocycles. The predicted octanol–water partition coefficient (Wildman–Crippen LogP) is 4.01. The van der Waals surface area contributed by atoms with E-state index in [1.807, 2.05) is 42.5 Å². The van der Waals surface area contributed by atoms with Crippen molar-refractivity contribution in [3.05, 3.63) is 57.5 Å². The molecule has 0 aliphatic heterocycles. The van der Waals surface area contributed by atoms with Gasteiger partial charge >= 0.3 is 0 Å². The monoisotopic (exact) mass is 511 g/mol. The highest BCUT2D eigenvalue weighted by Crippen LogP contribution is 2.28. The van der Waals surface area contributed by atoms with Gasteiger partial charge in [0.05, 0.1) is 32.1 Å². The molecular formula is C19H18IN3O4S. The van der Waals surface area contributed by atoms with E-state index in [0.29, 0.717) is 29.0 Å². The minimum Gasteiger partial charge on any atom is -0.493 e. The van der Waals surface area contributed by atoms with Gasteiger partial charge in [0.1, 0.15) is 0 Å². The summed E-state index contributed by atoms with van der Waals surface area (Å²) in [6, 6.07) is 13.2. The van der Waals surface area contributed by atoms with Crippen molar-refractivity contribution < 1.29 is 18.7 Å². The van der Waals surface area contributed by atoms with Crippen molar-refractivity contribution in [1.82, 2.24) is 10.2 Å². The minimum absolute atomic E-state index is 0.131. The van der Waals surface area contributed by atoms with Gasteiger partial charge in [-0.1, -0.05) is 30.0 Å². The zero-order valence-electron chi connectivity index (χ0n) is 15.3. The number of carbonyl (C=O) groups excluding carboxylic acids is 1. The predicted molar refractivity (Wildman–Crippen MR) is 115 cm³/mol. The molecule has 3 rings (SSSR count). The molecule has 1 heterocycles. The number of methoxy groups -OCH3 is 2. The van der Waals surface area contributed by atoms with Gasteiger partial charge in [-0.25, -0.2) is 0 Å². The third-order valence-corrected chi connectivity index (χ3v) is 5.49. The molecule has 1 aromatic heterocycles. The zero-order chi connectivity index (χ0) is 19.9. The third-order valence-electron chi connectivity index (χ3n) is 3.73. The molecule has 0 unspecified atom stereocenters. The average molecular weight is 511 g/mol. The first kappa shape index (κ1) is 20.5. The number of halogens is 1. The molecule has 146 valence electrons. The number of nitrogens with zero attached hydrogens (tertiary/aromatic N) is 2. The average Bonchev–Trinajstić information content (AvgIpc) is 3.15. The van der Waals surface area contributed by atoms with Crippen LogP contribution in [0.3, 0.4) is 0 Å². The van der Waals surface area contributed by atoms with Crippen molar-refractivity contribution in [1.29, 1.82) is 0 Å². The molecule has 1 amide bonds. The lowest BCUT2D eigenvalue weighted by molar-refractivity contribution is -0.113. The highest BCUT2D eigenvalue weighted by atomic mass is 127. The Morgan fingerprint density at radius 3 is 2.68 bits per heavy atom. The van der Waals surface area contributed by atoms with Crippen LogP contribution in [0.25, 0.3) is 0 Å². The van der Waals surface area contributed by atoms with Crippen molar-refractivity contribution in [2.75, 3.05) is 25.3 Å². The first-order valence-electron chi connectivity index (χ1n) is 8.29. The van der Waals surface area contributed by atoms with Crippen molar-refractivity contribution in [2.45, 2.75) is 11.6 Å². The van der Waals surface area contributed by atoms with Crippen molar-refractivity contribution >= 4 is 45.9 Å². The molecule has 0 saturated heterocycles. The van der Waals surface area contributed by atoms with Crippen LogP contribution in [0.2, 0.25) is 0 Å². The number of hydrogen-bond donors (Lipinski definition) is 1. The molecule has 0 atom stereocenters. The van der Waals surface area contributed by atoms with Crippen LogP contribution >= 0.6 is 34.4 Å². The van der Waals surface area contributed by atoms with Gasteiger partial charge in [0.25, 0.3) is 5.22 Å². The van der Waals surface area contributed by atoms with E-state index in [9.17, 15) is 4.79 Å². The normalized spacial score (nSPS) is 10.5. The number of rotatable bonds is 8. The Bertz CT molecular complexity index is 964. The summed E-state index contributed by atoms with van der Waals surface area (Å²) in [7, 11) is 3.18. The number of benzene rings is 2. The lowest BCUT2D eigenvalue weighted by Gasteiger charge is -2.08. The van der Waals surface area contributed by atoms with Crippen LogP contribution < -0.4 is 14.8 Å².